The molecule has 2 atom stereocenters. The Hall–Kier alpha value is -1.97. The summed E-state index contributed by atoms with van der Waals surface area (Å²) in [7, 11) is -3.62. The number of sulfonamides is 1. The van der Waals surface area contributed by atoms with E-state index in [4.69, 9.17) is 4.74 Å². The van der Waals surface area contributed by atoms with E-state index in [9.17, 15) is 18.0 Å². The molecule has 0 aliphatic carbocycles. The molecule has 166 valence electrons. The number of nitrogens with one attached hydrogen (secondary N) is 1. The van der Waals surface area contributed by atoms with Crippen molar-refractivity contribution in [3.63, 3.8) is 0 Å². The lowest BCUT2D eigenvalue weighted by Gasteiger charge is -2.34. The number of carbonyl (C=O) groups is 2. The normalized spacial score (nSPS) is 24.2. The van der Waals surface area contributed by atoms with E-state index in [1.54, 1.807) is 17.0 Å². The Balaban J connectivity index is 1.61. The Bertz CT molecular complexity index is 846. The molecule has 0 saturated carbocycles. The van der Waals surface area contributed by atoms with Crippen molar-refractivity contribution in [1.82, 2.24) is 9.21 Å². The topological polar surface area (TPSA) is 96.0 Å². The highest BCUT2D eigenvalue weighted by Gasteiger charge is 2.32. The van der Waals surface area contributed by atoms with Crippen molar-refractivity contribution in [2.45, 2.75) is 63.1 Å². The fraction of sp³-hybridized carbons (Fsp3) is 0.619. The molecule has 3 rings (SSSR count). The van der Waals surface area contributed by atoms with Crippen LogP contribution in [0.4, 0.5) is 5.69 Å². The van der Waals surface area contributed by atoms with Crippen LogP contribution in [-0.4, -0.2) is 67.8 Å². The summed E-state index contributed by atoms with van der Waals surface area (Å²) < 4.78 is 32.9. The van der Waals surface area contributed by atoms with E-state index in [1.165, 1.54) is 16.4 Å². The summed E-state index contributed by atoms with van der Waals surface area (Å²) in [6, 6.07) is 6.15. The summed E-state index contributed by atoms with van der Waals surface area (Å²) in [6.45, 7) is 4.95. The summed E-state index contributed by atoms with van der Waals surface area (Å²) in [4.78, 5) is 26.3. The van der Waals surface area contributed by atoms with Gasteiger partial charge in [-0.25, -0.2) is 8.42 Å². The Morgan fingerprint density at radius 1 is 1.07 bits per heavy atom. The molecule has 2 saturated heterocycles. The van der Waals surface area contributed by atoms with Crippen molar-refractivity contribution >= 4 is 27.5 Å². The summed E-state index contributed by atoms with van der Waals surface area (Å²) in [6.07, 6.45) is 4.07. The van der Waals surface area contributed by atoms with Gasteiger partial charge in [-0.15, -0.1) is 0 Å². The van der Waals surface area contributed by atoms with Gasteiger partial charge >= 0.3 is 0 Å². The molecular weight excluding hydrogens is 406 g/mol. The number of likely N-dealkylation sites (tertiary alicyclic amines) is 1. The van der Waals surface area contributed by atoms with Crippen molar-refractivity contribution in [3.8, 4) is 0 Å². The van der Waals surface area contributed by atoms with Crippen molar-refractivity contribution in [2.75, 3.05) is 31.5 Å². The van der Waals surface area contributed by atoms with Gasteiger partial charge in [0.15, 0.2) is 0 Å². The van der Waals surface area contributed by atoms with Crippen LogP contribution in [0.3, 0.4) is 0 Å². The number of amides is 2. The minimum absolute atomic E-state index is 0.0141. The van der Waals surface area contributed by atoms with Crippen molar-refractivity contribution in [1.29, 1.82) is 0 Å². The Labute approximate surface area is 178 Å². The maximum Gasteiger partial charge on any atom is 0.243 e. The summed E-state index contributed by atoms with van der Waals surface area (Å²) in [5.41, 5.74) is 0.502. The third-order valence-electron chi connectivity index (χ3n) is 5.42. The summed E-state index contributed by atoms with van der Waals surface area (Å²) in [5.74, 6) is -0.268. The molecule has 8 nitrogen and oxygen atoms in total. The van der Waals surface area contributed by atoms with Gasteiger partial charge in [0.05, 0.1) is 23.6 Å². The molecule has 9 heteroatoms. The quantitative estimate of drug-likeness (QED) is 0.762. The molecule has 0 spiro atoms. The largest absolute Gasteiger partial charge is 0.373 e. The van der Waals surface area contributed by atoms with Crippen LogP contribution in [0.2, 0.25) is 0 Å². The molecular formula is C21H31N3O5S. The smallest absolute Gasteiger partial charge is 0.243 e. The van der Waals surface area contributed by atoms with Crippen molar-refractivity contribution < 1.29 is 22.7 Å². The number of hydrogen-bond donors (Lipinski definition) is 1. The number of ether oxygens (including phenoxy) is 1. The van der Waals surface area contributed by atoms with Crippen LogP contribution in [0.25, 0.3) is 0 Å². The van der Waals surface area contributed by atoms with Gasteiger partial charge in [0.25, 0.3) is 0 Å². The fourth-order valence-electron chi connectivity index (χ4n) is 3.94. The van der Waals surface area contributed by atoms with E-state index < -0.39 is 10.0 Å². The van der Waals surface area contributed by atoms with E-state index in [0.29, 0.717) is 31.7 Å². The molecule has 2 fully saturated rings. The molecule has 1 aromatic carbocycles. The molecule has 2 aliphatic rings. The van der Waals surface area contributed by atoms with Crippen LogP contribution in [0.15, 0.2) is 29.2 Å². The second-order valence-corrected chi connectivity index (χ2v) is 10.1. The monoisotopic (exact) mass is 437 g/mol. The first-order valence-corrected chi connectivity index (χ1v) is 12.0. The second kappa shape index (κ2) is 9.89. The number of hydrogen-bond acceptors (Lipinski definition) is 5. The highest BCUT2D eigenvalue weighted by atomic mass is 32.2. The zero-order valence-corrected chi connectivity index (χ0v) is 18.5. The fourth-order valence-corrected chi connectivity index (χ4v) is 5.53. The van der Waals surface area contributed by atoms with Crippen LogP contribution >= 0.6 is 0 Å². The molecule has 30 heavy (non-hydrogen) atoms. The van der Waals surface area contributed by atoms with Crippen LogP contribution in [0, 0.1) is 0 Å². The third kappa shape index (κ3) is 5.80. The highest BCUT2D eigenvalue weighted by Crippen LogP contribution is 2.22. The number of nitrogens with zero attached hydrogens (tertiary/aromatic N) is 2. The first-order chi connectivity index (χ1) is 14.3. The molecule has 1 N–H and O–H groups in total. The minimum atomic E-state index is -3.62. The maximum atomic E-state index is 12.9. The van der Waals surface area contributed by atoms with Crippen molar-refractivity contribution in [3.05, 3.63) is 24.3 Å². The van der Waals surface area contributed by atoms with E-state index >= 15 is 0 Å². The third-order valence-corrected chi connectivity index (χ3v) is 7.26. The second-order valence-electron chi connectivity index (χ2n) is 8.13. The lowest BCUT2D eigenvalue weighted by atomic mass is 10.1. The number of benzene rings is 1. The maximum absolute atomic E-state index is 12.9. The molecule has 2 heterocycles. The van der Waals surface area contributed by atoms with E-state index in [0.717, 1.165) is 25.7 Å². The van der Waals surface area contributed by atoms with E-state index in [2.05, 4.69) is 5.32 Å². The van der Waals surface area contributed by atoms with Crippen LogP contribution in [-0.2, 0) is 24.3 Å². The molecule has 2 unspecified atom stereocenters. The number of rotatable bonds is 5. The summed E-state index contributed by atoms with van der Waals surface area (Å²) in [5, 5.41) is 2.76. The number of anilines is 1. The Kier molecular flexibility index (Phi) is 7.49. The molecule has 0 bridgehead atoms. The number of carbonyl (C=O) groups excluding carboxylic acids is 2. The van der Waals surface area contributed by atoms with Crippen LogP contribution < -0.4 is 5.32 Å². The lowest BCUT2D eigenvalue weighted by molar-refractivity contribution is -0.135. The van der Waals surface area contributed by atoms with E-state index in [1.807, 2.05) is 13.8 Å². The van der Waals surface area contributed by atoms with Crippen LogP contribution in [0.5, 0.6) is 0 Å². The SMILES string of the molecule is CC1CN(S(=O)(=O)c2ccc(NC(=O)CN3CCCCCCC3=O)cc2)CC(C)O1. The Morgan fingerprint density at radius 2 is 1.70 bits per heavy atom. The minimum Gasteiger partial charge on any atom is -0.373 e. The predicted molar refractivity (Wildman–Crippen MR) is 114 cm³/mol. The highest BCUT2D eigenvalue weighted by molar-refractivity contribution is 7.89. The first-order valence-electron chi connectivity index (χ1n) is 10.6. The molecule has 0 radical (unpaired) electrons. The summed E-state index contributed by atoms with van der Waals surface area (Å²) >= 11 is 0. The van der Waals surface area contributed by atoms with Crippen molar-refractivity contribution in [2.24, 2.45) is 0 Å². The molecule has 1 aromatic rings. The van der Waals surface area contributed by atoms with Gasteiger partial charge in [-0.05, 0) is 51.0 Å². The van der Waals surface area contributed by atoms with Crippen LogP contribution in [0.1, 0.15) is 46.0 Å². The average Bonchev–Trinajstić information content (AvgIpc) is 2.67. The molecule has 2 aliphatic heterocycles. The predicted octanol–water partition coefficient (Wildman–Crippen LogP) is 2.22. The molecule has 2 amide bonds. The zero-order chi connectivity index (χ0) is 21.7. The van der Waals surface area contributed by atoms with Gasteiger partial charge in [-0.1, -0.05) is 12.8 Å². The molecule has 0 aromatic heterocycles. The van der Waals surface area contributed by atoms with Gasteiger partial charge in [0.1, 0.15) is 0 Å². The first kappa shape index (κ1) is 22.7. The standard InChI is InChI=1S/C21H31N3O5S/c1-16-13-24(14-17(2)29-16)30(27,28)19-10-8-18(9-11-19)22-20(25)15-23-12-6-4-3-5-7-21(23)26/h8-11,16-17H,3-7,12-15H2,1-2H3,(H,22,25). The van der Waals surface area contributed by atoms with Gasteiger partial charge in [-0.2, -0.15) is 4.31 Å². The zero-order valence-electron chi connectivity index (χ0n) is 17.7. The Morgan fingerprint density at radius 3 is 2.37 bits per heavy atom. The number of morpholine rings is 1. The van der Waals surface area contributed by atoms with E-state index in [-0.39, 0.29) is 35.5 Å². The van der Waals surface area contributed by atoms with Gasteiger partial charge < -0.3 is 15.0 Å². The van der Waals surface area contributed by atoms with Gasteiger partial charge in [0.2, 0.25) is 21.8 Å². The van der Waals surface area contributed by atoms with Gasteiger partial charge in [-0.3, -0.25) is 9.59 Å². The van der Waals surface area contributed by atoms with Gasteiger partial charge in [0, 0.05) is 31.7 Å². The lowest BCUT2D eigenvalue weighted by Crippen LogP contribution is -2.48. The average molecular weight is 438 g/mol.